The van der Waals surface area contributed by atoms with Gasteiger partial charge in [-0.1, -0.05) is 48.5 Å². The second kappa shape index (κ2) is 20.0. The van der Waals surface area contributed by atoms with E-state index in [1.54, 1.807) is 0 Å². The summed E-state index contributed by atoms with van der Waals surface area (Å²) < 4.78 is 4.14. The topological polar surface area (TPSA) is 203 Å². The molecule has 3 atom stereocenters. The fourth-order valence-electron chi connectivity index (χ4n) is 6.65. The van der Waals surface area contributed by atoms with Crippen LogP contribution in [0.25, 0.3) is 11.1 Å². The molecule has 2 aromatic rings. The van der Waals surface area contributed by atoms with Crippen LogP contribution >= 0.6 is 0 Å². The van der Waals surface area contributed by atoms with E-state index in [4.69, 9.17) is 4.74 Å². The van der Waals surface area contributed by atoms with E-state index < -0.39 is 55.9 Å². The first-order valence-corrected chi connectivity index (χ1v) is 18.8. The summed E-state index contributed by atoms with van der Waals surface area (Å²) in [5.41, 5.74) is 4.19. The number of unbranched alkanes of at least 4 members (excludes halogenated alkanes) is 3. The van der Waals surface area contributed by atoms with Crippen LogP contribution in [-0.4, -0.2) is 130 Å². The number of hydroxylamine groups is 9. The number of alkyl carbamates (subject to hydrolysis) is 1. The summed E-state index contributed by atoms with van der Waals surface area (Å²) in [5.74, 6) is -2.82. The number of carbonyl (C=O) groups is 4. The zero-order valence-corrected chi connectivity index (χ0v) is 32.7. The molecule has 0 bridgehead atoms. The Hall–Kier alpha value is -4.12. The normalized spacial score (nSPS) is 14.7. The Kier molecular flexibility index (Phi) is 16.4. The van der Waals surface area contributed by atoms with Gasteiger partial charge in [-0.15, -0.1) is 0 Å². The fraction of sp³-hybridized carbons (Fsp3) is 0.590. The third-order valence-electron chi connectivity index (χ3n) is 9.52. The molecule has 54 heavy (non-hydrogen) atoms. The standard InChI is InChI=1S/C39H60N6O9/c1-43(2,51)24-14-11-21-33(36(46)41-35(38(48)49)23-13-16-26-45(5,6)53)40-37(47)34(22-12-15-25-44(3,4)52)42-39(50)54-27-32-30-19-9-7-17-28(30)29-18-8-10-20-31(29)32/h7-10,17-20,32-35H,11-16,21-27H2,1-6H3,(H,40,47)(H,41,46)(H,42,50)(H,48,49). The van der Waals surface area contributed by atoms with E-state index in [1.165, 1.54) is 42.3 Å². The second-order valence-electron chi connectivity index (χ2n) is 15.9. The Labute approximate surface area is 319 Å². The highest BCUT2D eigenvalue weighted by molar-refractivity contribution is 5.93. The van der Waals surface area contributed by atoms with Crippen LogP contribution in [0, 0.1) is 15.6 Å². The number of nitrogens with zero attached hydrogens (tertiary/aromatic N) is 3. The maximum atomic E-state index is 13.9. The number of carboxylic acids is 1. The van der Waals surface area contributed by atoms with Gasteiger partial charge in [0.15, 0.2) is 0 Å². The summed E-state index contributed by atoms with van der Waals surface area (Å²) in [4.78, 5) is 52.8. The van der Waals surface area contributed by atoms with Crippen molar-refractivity contribution < 1.29 is 43.0 Å². The maximum Gasteiger partial charge on any atom is 0.407 e. The van der Waals surface area contributed by atoms with Gasteiger partial charge in [0.2, 0.25) is 11.8 Å². The number of aliphatic carboxylic acids is 1. The Morgan fingerprint density at radius 1 is 0.611 bits per heavy atom. The Morgan fingerprint density at radius 3 is 1.39 bits per heavy atom. The van der Waals surface area contributed by atoms with Crippen molar-refractivity contribution in [2.24, 2.45) is 0 Å². The van der Waals surface area contributed by atoms with E-state index in [9.17, 15) is 39.9 Å². The third kappa shape index (κ3) is 15.3. The number of rotatable bonds is 23. The van der Waals surface area contributed by atoms with Crippen LogP contribution in [-0.2, 0) is 19.1 Å². The van der Waals surface area contributed by atoms with E-state index >= 15 is 0 Å². The van der Waals surface area contributed by atoms with E-state index in [2.05, 4.69) is 16.0 Å². The summed E-state index contributed by atoms with van der Waals surface area (Å²) in [6, 6.07) is 12.3. The molecule has 15 nitrogen and oxygen atoms in total. The lowest BCUT2D eigenvalue weighted by molar-refractivity contribution is -0.840. The second-order valence-corrected chi connectivity index (χ2v) is 15.9. The zero-order chi connectivity index (χ0) is 40.1. The van der Waals surface area contributed by atoms with Gasteiger partial charge in [-0.25, -0.2) is 9.59 Å². The molecule has 0 saturated heterocycles. The first kappa shape index (κ1) is 44.3. The Balaban J connectivity index is 1.74. The lowest BCUT2D eigenvalue weighted by atomic mass is 9.98. The molecule has 0 radical (unpaired) electrons. The summed E-state index contributed by atoms with van der Waals surface area (Å²) in [7, 11) is 9.03. The number of carbonyl (C=O) groups excluding carboxylic acids is 3. The molecule has 1 aliphatic rings. The van der Waals surface area contributed by atoms with Gasteiger partial charge >= 0.3 is 12.1 Å². The molecule has 0 heterocycles. The third-order valence-corrected chi connectivity index (χ3v) is 9.52. The van der Waals surface area contributed by atoms with Crippen LogP contribution in [0.5, 0.6) is 0 Å². The number of ether oxygens (including phenoxy) is 1. The summed E-state index contributed by atoms with van der Waals surface area (Å²) in [6.45, 7) is 0.879. The predicted molar refractivity (Wildman–Crippen MR) is 206 cm³/mol. The predicted octanol–water partition coefficient (Wildman–Crippen LogP) is 4.18. The first-order valence-electron chi connectivity index (χ1n) is 18.8. The number of hydrogen-bond donors (Lipinski definition) is 4. The van der Waals surface area contributed by atoms with E-state index in [1.807, 2.05) is 48.5 Å². The van der Waals surface area contributed by atoms with Crippen molar-refractivity contribution >= 4 is 23.9 Å². The highest BCUT2D eigenvalue weighted by atomic mass is 16.6. The van der Waals surface area contributed by atoms with Gasteiger partial charge in [0.25, 0.3) is 0 Å². The highest BCUT2D eigenvalue weighted by Crippen LogP contribution is 2.44. The molecule has 3 unspecified atom stereocenters. The average molecular weight is 757 g/mol. The van der Waals surface area contributed by atoms with Crippen LogP contribution in [0.3, 0.4) is 0 Å². The first-order chi connectivity index (χ1) is 25.2. The molecule has 300 valence electrons. The van der Waals surface area contributed by atoms with Crippen molar-refractivity contribution in [3.05, 3.63) is 75.3 Å². The Bertz CT molecular complexity index is 1500. The van der Waals surface area contributed by atoms with Gasteiger partial charge in [-0.05, 0) is 80.0 Å². The summed E-state index contributed by atoms with van der Waals surface area (Å²) in [5, 5.41) is 54.0. The molecule has 3 rings (SSSR count). The number of carboxylic acid groups (broad SMARTS) is 1. The monoisotopic (exact) mass is 756 g/mol. The van der Waals surface area contributed by atoms with Crippen molar-refractivity contribution in [3.8, 4) is 11.1 Å². The van der Waals surface area contributed by atoms with Crippen molar-refractivity contribution in [3.63, 3.8) is 0 Å². The number of hydrogen-bond acceptors (Lipinski definition) is 8. The molecule has 0 aromatic heterocycles. The molecular formula is C39H60N6O9. The lowest BCUT2D eigenvalue weighted by Crippen LogP contribution is -2.55. The molecule has 2 aromatic carbocycles. The van der Waals surface area contributed by atoms with Crippen molar-refractivity contribution in [1.82, 2.24) is 16.0 Å². The minimum atomic E-state index is -1.25. The number of fused-ring (bicyclic) bond motifs is 3. The Morgan fingerprint density at radius 2 is 0.981 bits per heavy atom. The molecule has 3 amide bonds. The molecule has 4 N–H and O–H groups in total. The SMILES string of the molecule is C[N+](C)([O-])CCCCC(NC(=O)C(CCCC[N+](C)(C)[O-])NC(=O)C(CCCC[N+](C)(C)[O-])NC(=O)OCC1c2ccccc2-c2ccccc21)C(=O)O. The average Bonchev–Trinajstić information content (AvgIpc) is 3.39. The van der Waals surface area contributed by atoms with Crippen LogP contribution in [0.1, 0.15) is 74.8 Å². The lowest BCUT2D eigenvalue weighted by Gasteiger charge is -2.34. The maximum absolute atomic E-state index is 13.9. The molecule has 0 fully saturated rings. The van der Waals surface area contributed by atoms with Gasteiger partial charge in [0.1, 0.15) is 24.7 Å². The molecule has 1 aliphatic carbocycles. The zero-order valence-electron chi connectivity index (χ0n) is 32.7. The number of quaternary nitrogens is 3. The minimum absolute atomic E-state index is 0.0254. The van der Waals surface area contributed by atoms with E-state index in [-0.39, 0.29) is 44.9 Å². The van der Waals surface area contributed by atoms with Gasteiger partial charge in [0.05, 0.1) is 61.9 Å². The molecular weight excluding hydrogens is 696 g/mol. The minimum Gasteiger partial charge on any atom is -0.633 e. The fourth-order valence-corrected chi connectivity index (χ4v) is 6.65. The molecule has 0 spiro atoms. The number of nitrogens with one attached hydrogen (secondary N) is 3. The van der Waals surface area contributed by atoms with Gasteiger partial charge < -0.3 is 55.4 Å². The molecule has 15 heteroatoms. The number of benzene rings is 2. The van der Waals surface area contributed by atoms with Crippen LogP contribution in [0.2, 0.25) is 0 Å². The van der Waals surface area contributed by atoms with Gasteiger partial charge in [0, 0.05) is 5.92 Å². The highest BCUT2D eigenvalue weighted by Gasteiger charge is 2.32. The number of amides is 3. The van der Waals surface area contributed by atoms with Crippen LogP contribution in [0.4, 0.5) is 4.79 Å². The molecule has 0 aliphatic heterocycles. The van der Waals surface area contributed by atoms with Gasteiger partial charge in [-0.3, -0.25) is 9.59 Å². The van der Waals surface area contributed by atoms with Gasteiger partial charge in [-0.2, -0.15) is 0 Å². The summed E-state index contributed by atoms with van der Waals surface area (Å²) >= 11 is 0. The van der Waals surface area contributed by atoms with Crippen molar-refractivity contribution in [2.75, 3.05) is 68.5 Å². The van der Waals surface area contributed by atoms with Crippen LogP contribution < -0.4 is 16.0 Å². The van der Waals surface area contributed by atoms with Crippen molar-refractivity contribution in [2.45, 2.75) is 81.8 Å². The van der Waals surface area contributed by atoms with E-state index in [0.29, 0.717) is 45.1 Å². The smallest absolute Gasteiger partial charge is 0.407 e. The van der Waals surface area contributed by atoms with E-state index in [0.717, 1.165) is 22.3 Å². The quantitative estimate of drug-likeness (QED) is 0.0729. The molecule has 0 saturated carbocycles. The van der Waals surface area contributed by atoms with Crippen molar-refractivity contribution in [1.29, 1.82) is 0 Å². The largest absolute Gasteiger partial charge is 0.633 e. The summed E-state index contributed by atoms with van der Waals surface area (Å²) in [6.07, 6.45) is 2.11. The van der Waals surface area contributed by atoms with Crippen LogP contribution in [0.15, 0.2) is 48.5 Å².